The van der Waals surface area contributed by atoms with Crippen molar-refractivity contribution in [2.24, 2.45) is 0 Å². The monoisotopic (exact) mass is 456 g/mol. The highest BCUT2D eigenvalue weighted by atomic mass is 35.5. The van der Waals surface area contributed by atoms with Crippen molar-refractivity contribution in [2.75, 3.05) is 14.2 Å². The van der Waals surface area contributed by atoms with Gasteiger partial charge in [0.05, 0.1) is 25.3 Å². The standard InChI is InChI=1S/C24H22Cl2N2O3/c1-29-22-10-3-16(13-23(22)30-2)11-12-28-21-9-6-18(26)14-20(21)27-24(28)15-31-19-7-4-17(25)5-8-19/h3-10,13-14H,11-12,15H2,1-2H3. The molecule has 0 radical (unpaired) electrons. The van der Waals surface area contributed by atoms with Gasteiger partial charge in [-0.25, -0.2) is 4.98 Å². The van der Waals surface area contributed by atoms with E-state index in [1.807, 2.05) is 48.5 Å². The number of nitrogens with zero attached hydrogens (tertiary/aromatic N) is 2. The second-order valence-electron chi connectivity index (χ2n) is 6.99. The van der Waals surface area contributed by atoms with Gasteiger partial charge in [0.25, 0.3) is 0 Å². The SMILES string of the molecule is COc1ccc(CCn2c(COc3ccc(Cl)cc3)nc3cc(Cl)ccc32)cc1OC. The Hall–Kier alpha value is -2.89. The number of rotatable bonds is 8. The molecule has 4 aromatic rings. The summed E-state index contributed by atoms with van der Waals surface area (Å²) in [7, 11) is 3.27. The van der Waals surface area contributed by atoms with E-state index in [1.54, 1.807) is 26.4 Å². The molecule has 0 aliphatic carbocycles. The molecular weight excluding hydrogens is 435 g/mol. The van der Waals surface area contributed by atoms with Crippen molar-refractivity contribution in [3.05, 3.63) is 82.1 Å². The first kappa shape index (κ1) is 21.3. The number of benzene rings is 3. The zero-order valence-electron chi connectivity index (χ0n) is 17.3. The van der Waals surface area contributed by atoms with Crippen LogP contribution in [-0.2, 0) is 19.6 Å². The van der Waals surface area contributed by atoms with Gasteiger partial charge in [-0.15, -0.1) is 0 Å². The number of ether oxygens (including phenoxy) is 3. The average molecular weight is 457 g/mol. The first-order chi connectivity index (χ1) is 15.1. The van der Waals surface area contributed by atoms with Crippen molar-refractivity contribution >= 4 is 34.2 Å². The molecule has 160 valence electrons. The number of fused-ring (bicyclic) bond motifs is 1. The number of aryl methyl sites for hydroxylation is 2. The molecule has 0 amide bonds. The van der Waals surface area contributed by atoms with Gasteiger partial charge in [-0.1, -0.05) is 29.3 Å². The van der Waals surface area contributed by atoms with E-state index in [2.05, 4.69) is 4.57 Å². The smallest absolute Gasteiger partial charge is 0.160 e. The van der Waals surface area contributed by atoms with E-state index in [1.165, 1.54) is 0 Å². The summed E-state index contributed by atoms with van der Waals surface area (Å²) in [4.78, 5) is 4.76. The van der Waals surface area contributed by atoms with Crippen molar-refractivity contribution in [3.8, 4) is 17.2 Å². The van der Waals surface area contributed by atoms with E-state index in [0.29, 0.717) is 28.2 Å². The highest BCUT2D eigenvalue weighted by Gasteiger charge is 2.13. The summed E-state index contributed by atoms with van der Waals surface area (Å²) >= 11 is 12.1. The minimum absolute atomic E-state index is 0.333. The highest BCUT2D eigenvalue weighted by molar-refractivity contribution is 6.31. The van der Waals surface area contributed by atoms with Crippen LogP contribution in [0, 0.1) is 0 Å². The fraction of sp³-hybridized carbons (Fsp3) is 0.208. The van der Waals surface area contributed by atoms with Crippen LogP contribution < -0.4 is 14.2 Å². The predicted octanol–water partition coefficient (Wildman–Crippen LogP) is 6.18. The van der Waals surface area contributed by atoms with Crippen molar-refractivity contribution in [1.82, 2.24) is 9.55 Å². The molecule has 3 aromatic carbocycles. The molecule has 0 unspecified atom stereocenters. The molecule has 0 bridgehead atoms. The van der Waals surface area contributed by atoms with Crippen molar-refractivity contribution in [3.63, 3.8) is 0 Å². The molecule has 5 nitrogen and oxygen atoms in total. The molecule has 0 fully saturated rings. The molecular formula is C24H22Cl2N2O3. The molecule has 0 saturated carbocycles. The molecule has 0 aliphatic rings. The van der Waals surface area contributed by atoms with Gasteiger partial charge in [0.15, 0.2) is 11.5 Å². The Bertz CT molecular complexity index is 1190. The molecule has 31 heavy (non-hydrogen) atoms. The van der Waals surface area contributed by atoms with Gasteiger partial charge in [-0.2, -0.15) is 0 Å². The molecule has 0 saturated heterocycles. The zero-order chi connectivity index (χ0) is 21.8. The second kappa shape index (κ2) is 9.50. The van der Waals surface area contributed by atoms with Gasteiger partial charge in [0.2, 0.25) is 0 Å². The van der Waals surface area contributed by atoms with Crippen LogP contribution in [0.4, 0.5) is 0 Å². The average Bonchev–Trinajstić information content (AvgIpc) is 3.13. The van der Waals surface area contributed by atoms with Crippen LogP contribution in [-0.4, -0.2) is 23.8 Å². The highest BCUT2D eigenvalue weighted by Crippen LogP contribution is 2.28. The van der Waals surface area contributed by atoms with Gasteiger partial charge in [0.1, 0.15) is 18.2 Å². The normalized spacial score (nSPS) is 11.0. The topological polar surface area (TPSA) is 45.5 Å². The summed E-state index contributed by atoms with van der Waals surface area (Å²) in [6.45, 7) is 1.06. The molecule has 1 aromatic heterocycles. The van der Waals surface area contributed by atoms with E-state index in [0.717, 1.165) is 41.1 Å². The van der Waals surface area contributed by atoms with Crippen LogP contribution in [0.3, 0.4) is 0 Å². The third-order valence-corrected chi connectivity index (χ3v) is 5.53. The van der Waals surface area contributed by atoms with Crippen LogP contribution >= 0.6 is 23.2 Å². The summed E-state index contributed by atoms with van der Waals surface area (Å²) in [6.07, 6.45) is 0.794. The maximum Gasteiger partial charge on any atom is 0.160 e. The molecule has 4 rings (SSSR count). The lowest BCUT2D eigenvalue weighted by molar-refractivity contribution is 0.290. The van der Waals surface area contributed by atoms with Gasteiger partial charge < -0.3 is 18.8 Å². The van der Waals surface area contributed by atoms with Gasteiger partial charge in [0, 0.05) is 16.6 Å². The molecule has 0 N–H and O–H groups in total. The minimum Gasteiger partial charge on any atom is -0.493 e. The largest absolute Gasteiger partial charge is 0.493 e. The number of imidazole rings is 1. The van der Waals surface area contributed by atoms with Crippen LogP contribution in [0.2, 0.25) is 10.0 Å². The van der Waals surface area contributed by atoms with E-state index in [4.69, 9.17) is 42.4 Å². The maximum atomic E-state index is 6.18. The molecule has 0 atom stereocenters. The fourth-order valence-corrected chi connectivity index (χ4v) is 3.76. The summed E-state index contributed by atoms with van der Waals surface area (Å²) in [5, 5.41) is 1.33. The molecule has 7 heteroatoms. The van der Waals surface area contributed by atoms with Crippen LogP contribution in [0.25, 0.3) is 11.0 Å². The van der Waals surface area contributed by atoms with Crippen LogP contribution in [0.1, 0.15) is 11.4 Å². The van der Waals surface area contributed by atoms with Crippen molar-refractivity contribution in [1.29, 1.82) is 0 Å². The Morgan fingerprint density at radius 3 is 2.32 bits per heavy atom. The van der Waals surface area contributed by atoms with E-state index in [-0.39, 0.29) is 0 Å². The lowest BCUT2D eigenvalue weighted by Crippen LogP contribution is -2.09. The number of aromatic nitrogens is 2. The number of hydrogen-bond donors (Lipinski definition) is 0. The minimum atomic E-state index is 0.333. The molecule has 0 spiro atoms. The quantitative estimate of drug-likeness (QED) is 0.317. The van der Waals surface area contributed by atoms with Gasteiger partial charge in [-0.3, -0.25) is 0 Å². The number of halogens is 2. The Balaban J connectivity index is 1.59. The third-order valence-electron chi connectivity index (χ3n) is 5.04. The fourth-order valence-electron chi connectivity index (χ4n) is 3.47. The zero-order valence-corrected chi connectivity index (χ0v) is 18.8. The Morgan fingerprint density at radius 2 is 1.58 bits per heavy atom. The van der Waals surface area contributed by atoms with E-state index in [9.17, 15) is 0 Å². The van der Waals surface area contributed by atoms with E-state index >= 15 is 0 Å². The molecule has 1 heterocycles. The lowest BCUT2D eigenvalue weighted by Gasteiger charge is -2.12. The summed E-state index contributed by atoms with van der Waals surface area (Å²) in [5.74, 6) is 2.99. The number of methoxy groups -OCH3 is 2. The van der Waals surface area contributed by atoms with Crippen molar-refractivity contribution in [2.45, 2.75) is 19.6 Å². The Kier molecular flexibility index (Phi) is 6.54. The summed E-state index contributed by atoms with van der Waals surface area (Å²) < 4.78 is 18.9. The lowest BCUT2D eigenvalue weighted by atomic mass is 10.1. The van der Waals surface area contributed by atoms with E-state index < -0.39 is 0 Å². The predicted molar refractivity (Wildman–Crippen MR) is 124 cm³/mol. The summed E-state index contributed by atoms with van der Waals surface area (Å²) in [5.41, 5.74) is 2.99. The molecule has 0 aliphatic heterocycles. The van der Waals surface area contributed by atoms with Crippen molar-refractivity contribution < 1.29 is 14.2 Å². The van der Waals surface area contributed by atoms with Gasteiger partial charge >= 0.3 is 0 Å². The maximum absolute atomic E-state index is 6.18. The first-order valence-corrected chi connectivity index (χ1v) is 10.6. The van der Waals surface area contributed by atoms with Crippen LogP contribution in [0.15, 0.2) is 60.7 Å². The number of hydrogen-bond acceptors (Lipinski definition) is 4. The third kappa shape index (κ3) is 4.89. The first-order valence-electron chi connectivity index (χ1n) is 9.81. The van der Waals surface area contributed by atoms with Gasteiger partial charge in [-0.05, 0) is 66.6 Å². The summed E-state index contributed by atoms with van der Waals surface area (Å²) in [6, 6.07) is 19.0. The Labute approximate surface area is 191 Å². The van der Waals surface area contributed by atoms with Crippen LogP contribution in [0.5, 0.6) is 17.2 Å². The second-order valence-corrected chi connectivity index (χ2v) is 7.87. The Morgan fingerprint density at radius 1 is 0.839 bits per heavy atom.